The van der Waals surface area contributed by atoms with Gasteiger partial charge in [-0.3, -0.25) is 4.90 Å². The van der Waals surface area contributed by atoms with Crippen LogP contribution in [0.15, 0.2) is 41.3 Å². The fourth-order valence-corrected chi connectivity index (χ4v) is 4.68. The van der Waals surface area contributed by atoms with E-state index in [2.05, 4.69) is 20.1 Å². The van der Waals surface area contributed by atoms with Crippen LogP contribution in [0.4, 0.5) is 17.5 Å². The second kappa shape index (κ2) is 9.68. The topological polar surface area (TPSA) is 108 Å². The van der Waals surface area contributed by atoms with Crippen molar-refractivity contribution < 1.29 is 14.3 Å². The number of hydrogen-bond acceptors (Lipinski definition) is 9. The maximum Gasteiger partial charge on any atom is 0.229 e. The summed E-state index contributed by atoms with van der Waals surface area (Å²) >= 11 is 0. The number of aromatic nitrogens is 3. The van der Waals surface area contributed by atoms with E-state index in [1.807, 2.05) is 24.3 Å². The molecule has 2 aliphatic heterocycles. The van der Waals surface area contributed by atoms with E-state index in [0.29, 0.717) is 24.8 Å². The summed E-state index contributed by atoms with van der Waals surface area (Å²) in [6.07, 6.45) is 7.93. The van der Waals surface area contributed by atoms with Crippen LogP contribution in [0.25, 0.3) is 11.3 Å². The van der Waals surface area contributed by atoms with Crippen molar-refractivity contribution in [1.29, 1.82) is 0 Å². The number of anilines is 3. The zero-order chi connectivity index (χ0) is 22.6. The van der Waals surface area contributed by atoms with Crippen molar-refractivity contribution in [2.24, 2.45) is 0 Å². The van der Waals surface area contributed by atoms with Crippen LogP contribution in [0, 0.1) is 0 Å². The molecule has 2 aromatic heterocycles. The predicted molar refractivity (Wildman–Crippen MR) is 124 cm³/mol. The van der Waals surface area contributed by atoms with Gasteiger partial charge < -0.3 is 24.5 Å². The van der Waals surface area contributed by atoms with Crippen LogP contribution in [-0.2, 0) is 17.8 Å². The number of aldehydes is 1. The van der Waals surface area contributed by atoms with Crippen LogP contribution >= 0.6 is 0 Å². The van der Waals surface area contributed by atoms with E-state index in [1.165, 1.54) is 6.39 Å². The zero-order valence-corrected chi connectivity index (χ0v) is 18.5. The van der Waals surface area contributed by atoms with Crippen LogP contribution in [0.2, 0.25) is 0 Å². The largest absolute Gasteiger partial charge is 0.444 e. The van der Waals surface area contributed by atoms with Gasteiger partial charge in [0.1, 0.15) is 12.1 Å². The van der Waals surface area contributed by atoms with Gasteiger partial charge in [0, 0.05) is 42.9 Å². The van der Waals surface area contributed by atoms with Gasteiger partial charge >= 0.3 is 0 Å². The van der Waals surface area contributed by atoms with Crippen molar-refractivity contribution in [3.8, 4) is 11.3 Å². The minimum atomic E-state index is 0.0493. The first-order chi connectivity index (χ1) is 16.2. The number of benzene rings is 1. The second-order valence-corrected chi connectivity index (χ2v) is 8.54. The Morgan fingerprint density at radius 3 is 2.82 bits per heavy atom. The third-order valence-corrected chi connectivity index (χ3v) is 6.42. The highest BCUT2D eigenvalue weighted by atomic mass is 16.3. The molecule has 0 radical (unpaired) electrons. The molecule has 1 saturated heterocycles. The Morgan fingerprint density at radius 2 is 2.06 bits per heavy atom. The minimum Gasteiger partial charge on any atom is -0.444 e. The molecule has 33 heavy (non-hydrogen) atoms. The molecule has 1 unspecified atom stereocenters. The van der Waals surface area contributed by atoms with Crippen LogP contribution in [0.5, 0.6) is 0 Å². The summed E-state index contributed by atoms with van der Waals surface area (Å²) in [4.78, 5) is 29.2. The summed E-state index contributed by atoms with van der Waals surface area (Å²) in [6.45, 7) is 2.79. The Morgan fingerprint density at radius 1 is 1.18 bits per heavy atom. The molecule has 1 aromatic carbocycles. The molecule has 4 heterocycles. The molecule has 5 rings (SSSR count). The second-order valence-electron chi connectivity index (χ2n) is 8.54. The lowest BCUT2D eigenvalue weighted by Gasteiger charge is -2.38. The third kappa shape index (κ3) is 4.60. The Kier molecular flexibility index (Phi) is 6.32. The molecule has 2 N–H and O–H groups in total. The SMILES string of the molecule is O=CCN1CCc2nc(Nc3ccc(-c4cnco4)cc3)nc(N3CCCCC3CO)c2C1. The van der Waals surface area contributed by atoms with E-state index in [0.717, 1.165) is 73.4 Å². The molecule has 9 heteroatoms. The summed E-state index contributed by atoms with van der Waals surface area (Å²) < 4.78 is 5.36. The quantitative estimate of drug-likeness (QED) is 0.528. The molecule has 1 atom stereocenters. The normalized spacial score (nSPS) is 18.7. The highest BCUT2D eigenvalue weighted by Crippen LogP contribution is 2.32. The maximum absolute atomic E-state index is 11.1. The van der Waals surface area contributed by atoms with E-state index in [1.54, 1.807) is 6.20 Å². The number of rotatable bonds is 7. The van der Waals surface area contributed by atoms with E-state index in [-0.39, 0.29) is 12.6 Å². The molecule has 0 amide bonds. The summed E-state index contributed by atoms with van der Waals surface area (Å²) in [5.74, 6) is 2.13. The van der Waals surface area contributed by atoms with Crippen LogP contribution in [-0.4, -0.2) is 63.5 Å². The van der Waals surface area contributed by atoms with Gasteiger partial charge in [-0.05, 0) is 43.5 Å². The van der Waals surface area contributed by atoms with Gasteiger partial charge in [0.2, 0.25) is 5.95 Å². The first-order valence-electron chi connectivity index (χ1n) is 11.4. The molecule has 0 aliphatic carbocycles. The first kappa shape index (κ1) is 21.5. The number of piperidine rings is 1. The van der Waals surface area contributed by atoms with Crippen molar-refractivity contribution in [2.75, 3.05) is 36.5 Å². The summed E-state index contributed by atoms with van der Waals surface area (Å²) in [7, 11) is 0. The minimum absolute atomic E-state index is 0.0493. The number of hydrogen-bond donors (Lipinski definition) is 2. The van der Waals surface area contributed by atoms with Gasteiger partial charge in [-0.15, -0.1) is 0 Å². The number of oxazole rings is 1. The van der Waals surface area contributed by atoms with E-state index < -0.39 is 0 Å². The van der Waals surface area contributed by atoms with Gasteiger partial charge in [-0.1, -0.05) is 0 Å². The lowest BCUT2D eigenvalue weighted by Crippen LogP contribution is -2.44. The molecule has 172 valence electrons. The Labute approximate surface area is 192 Å². The molecule has 3 aromatic rings. The van der Waals surface area contributed by atoms with Gasteiger partial charge in [-0.25, -0.2) is 9.97 Å². The number of nitrogens with one attached hydrogen (secondary N) is 1. The maximum atomic E-state index is 11.1. The van der Waals surface area contributed by atoms with E-state index >= 15 is 0 Å². The average molecular weight is 449 g/mol. The number of carbonyl (C=O) groups excluding carboxylic acids is 1. The van der Waals surface area contributed by atoms with Gasteiger partial charge in [0.25, 0.3) is 0 Å². The molecule has 0 saturated carbocycles. The van der Waals surface area contributed by atoms with E-state index in [9.17, 15) is 9.90 Å². The van der Waals surface area contributed by atoms with Crippen molar-refractivity contribution in [2.45, 2.75) is 38.3 Å². The first-order valence-corrected chi connectivity index (χ1v) is 11.4. The zero-order valence-electron chi connectivity index (χ0n) is 18.5. The van der Waals surface area contributed by atoms with Crippen LogP contribution in [0.1, 0.15) is 30.5 Å². The van der Waals surface area contributed by atoms with Gasteiger partial charge in [0.05, 0.1) is 31.1 Å². The number of fused-ring (bicyclic) bond motifs is 1. The third-order valence-electron chi connectivity index (χ3n) is 6.42. The summed E-state index contributed by atoms with van der Waals surface area (Å²) in [5.41, 5.74) is 3.89. The molecular formula is C24H28N6O3. The van der Waals surface area contributed by atoms with Crippen molar-refractivity contribution >= 4 is 23.7 Å². The fourth-order valence-electron chi connectivity index (χ4n) is 4.68. The lowest BCUT2D eigenvalue weighted by molar-refractivity contribution is -0.109. The highest BCUT2D eigenvalue weighted by molar-refractivity contribution is 5.64. The smallest absolute Gasteiger partial charge is 0.229 e. The molecule has 0 bridgehead atoms. The van der Waals surface area contributed by atoms with Crippen LogP contribution in [0.3, 0.4) is 0 Å². The molecule has 0 spiro atoms. The Bertz CT molecular complexity index is 1090. The standard InChI is InChI=1S/C24H28N6O3/c31-12-11-29-10-8-21-20(14-29)23(30-9-2-1-3-19(30)15-32)28-24(27-21)26-18-6-4-17(5-7-18)22-13-25-16-33-22/h4-7,12-13,16,19,32H,1-3,8-11,14-15H2,(H,26,27,28). The van der Waals surface area contributed by atoms with Gasteiger partial charge in [-0.2, -0.15) is 4.98 Å². The lowest BCUT2D eigenvalue weighted by atomic mass is 10.00. The molecule has 9 nitrogen and oxygen atoms in total. The fraction of sp³-hybridized carbons (Fsp3) is 0.417. The number of aliphatic hydroxyl groups excluding tert-OH is 1. The van der Waals surface area contributed by atoms with E-state index in [4.69, 9.17) is 14.4 Å². The van der Waals surface area contributed by atoms with Crippen molar-refractivity contribution in [1.82, 2.24) is 19.9 Å². The number of aliphatic hydroxyl groups is 1. The average Bonchev–Trinajstić information content (AvgIpc) is 3.39. The number of carbonyl (C=O) groups is 1. The van der Waals surface area contributed by atoms with Crippen molar-refractivity contribution in [3.05, 3.63) is 48.1 Å². The summed E-state index contributed by atoms with van der Waals surface area (Å²) in [5, 5.41) is 13.4. The van der Waals surface area contributed by atoms with Gasteiger partial charge in [0.15, 0.2) is 12.2 Å². The predicted octanol–water partition coefficient (Wildman–Crippen LogP) is 2.78. The molecule has 2 aliphatic rings. The Hall–Kier alpha value is -3.30. The summed E-state index contributed by atoms with van der Waals surface area (Å²) in [6, 6.07) is 7.90. The molecular weight excluding hydrogens is 420 g/mol. The van der Waals surface area contributed by atoms with Crippen molar-refractivity contribution in [3.63, 3.8) is 0 Å². The Balaban J connectivity index is 1.46. The monoisotopic (exact) mass is 448 g/mol. The highest BCUT2D eigenvalue weighted by Gasteiger charge is 2.30. The molecule has 1 fully saturated rings. The van der Waals surface area contributed by atoms with Crippen LogP contribution < -0.4 is 10.2 Å². The number of nitrogens with zero attached hydrogens (tertiary/aromatic N) is 5.